The molecule has 0 aromatic heterocycles. The van der Waals surface area contributed by atoms with E-state index in [1.165, 1.54) is 24.3 Å². The van der Waals surface area contributed by atoms with Crippen molar-refractivity contribution in [2.24, 2.45) is 11.8 Å². The van der Waals surface area contributed by atoms with Crippen LogP contribution < -0.4 is 0 Å². The first-order chi connectivity index (χ1) is 11.3. The van der Waals surface area contributed by atoms with E-state index in [0.717, 1.165) is 0 Å². The third kappa shape index (κ3) is 4.29. The van der Waals surface area contributed by atoms with Gasteiger partial charge in [0.25, 0.3) is 5.91 Å². The fourth-order valence-corrected chi connectivity index (χ4v) is 4.03. The molecule has 2 rings (SSSR count). The molecule has 2 atom stereocenters. The van der Waals surface area contributed by atoms with E-state index in [1.54, 1.807) is 16.7 Å². The average molecular weight is 353 g/mol. The zero-order valence-electron chi connectivity index (χ0n) is 14.5. The Morgan fingerprint density at radius 1 is 1.25 bits per heavy atom. The highest BCUT2D eigenvalue weighted by Crippen LogP contribution is 2.35. The van der Waals surface area contributed by atoms with Crippen LogP contribution in [0.15, 0.2) is 24.3 Å². The number of thioether (sulfide) groups is 1. The van der Waals surface area contributed by atoms with E-state index < -0.39 is 11.9 Å². The highest BCUT2D eigenvalue weighted by Gasteiger charge is 2.43. The van der Waals surface area contributed by atoms with E-state index in [1.807, 2.05) is 27.7 Å². The first kappa shape index (κ1) is 18.8. The summed E-state index contributed by atoms with van der Waals surface area (Å²) in [6.07, 6.45) is 0. The van der Waals surface area contributed by atoms with Gasteiger partial charge in [0.1, 0.15) is 11.9 Å². The summed E-state index contributed by atoms with van der Waals surface area (Å²) < 4.78 is 18.5. The van der Waals surface area contributed by atoms with Crippen molar-refractivity contribution in [3.8, 4) is 0 Å². The minimum absolute atomic E-state index is 0.0980. The lowest BCUT2D eigenvalue weighted by Crippen LogP contribution is -2.48. The van der Waals surface area contributed by atoms with Crippen LogP contribution >= 0.6 is 11.8 Å². The first-order valence-corrected chi connectivity index (χ1v) is 9.22. The van der Waals surface area contributed by atoms with Gasteiger partial charge in [-0.1, -0.05) is 27.7 Å². The Morgan fingerprint density at radius 2 is 1.88 bits per heavy atom. The van der Waals surface area contributed by atoms with Crippen LogP contribution in [0.25, 0.3) is 0 Å². The lowest BCUT2D eigenvalue weighted by atomic mass is 10.1. The molecule has 132 valence electrons. The predicted molar refractivity (Wildman–Crippen MR) is 93.2 cm³/mol. The van der Waals surface area contributed by atoms with Crippen LogP contribution in [-0.4, -0.2) is 40.6 Å². The molecular formula is C18H24FNO3S. The van der Waals surface area contributed by atoms with Crippen LogP contribution in [0.2, 0.25) is 0 Å². The summed E-state index contributed by atoms with van der Waals surface area (Å²) in [6.45, 7) is 8.31. The van der Waals surface area contributed by atoms with E-state index in [-0.39, 0.29) is 29.1 Å². The van der Waals surface area contributed by atoms with Crippen LogP contribution in [0, 0.1) is 17.7 Å². The summed E-state index contributed by atoms with van der Waals surface area (Å²) in [6, 6.07) is 4.82. The van der Waals surface area contributed by atoms with Gasteiger partial charge in [-0.05, 0) is 36.1 Å². The molecule has 0 aliphatic carbocycles. The van der Waals surface area contributed by atoms with Crippen molar-refractivity contribution in [2.75, 3.05) is 12.4 Å². The van der Waals surface area contributed by atoms with Gasteiger partial charge < -0.3 is 9.64 Å². The summed E-state index contributed by atoms with van der Waals surface area (Å²) in [5.41, 5.74) is 0.381. The quantitative estimate of drug-likeness (QED) is 0.760. The van der Waals surface area contributed by atoms with Crippen molar-refractivity contribution in [1.82, 2.24) is 4.90 Å². The van der Waals surface area contributed by atoms with Crippen LogP contribution in [0.1, 0.15) is 38.1 Å². The second kappa shape index (κ2) is 8.01. The minimum Gasteiger partial charge on any atom is -0.464 e. The zero-order chi connectivity index (χ0) is 17.9. The minimum atomic E-state index is -0.598. The highest BCUT2D eigenvalue weighted by molar-refractivity contribution is 8.00. The molecule has 1 saturated heterocycles. The number of rotatable bonds is 5. The van der Waals surface area contributed by atoms with E-state index in [9.17, 15) is 14.0 Å². The van der Waals surface area contributed by atoms with Gasteiger partial charge in [0.15, 0.2) is 0 Å². The Bertz CT molecular complexity index is 588. The second-order valence-corrected chi connectivity index (χ2v) is 7.88. The normalized spacial score (nSPS) is 20.7. The van der Waals surface area contributed by atoms with Crippen LogP contribution in [0.5, 0.6) is 0 Å². The van der Waals surface area contributed by atoms with Crippen molar-refractivity contribution >= 4 is 23.6 Å². The van der Waals surface area contributed by atoms with Gasteiger partial charge in [0, 0.05) is 11.3 Å². The van der Waals surface area contributed by atoms with Gasteiger partial charge >= 0.3 is 5.97 Å². The Hall–Kier alpha value is -1.56. The summed E-state index contributed by atoms with van der Waals surface area (Å²) in [5, 5.41) is -0.0980. The molecule has 1 aromatic carbocycles. The largest absolute Gasteiger partial charge is 0.464 e. The van der Waals surface area contributed by atoms with Gasteiger partial charge in [-0.3, -0.25) is 4.79 Å². The van der Waals surface area contributed by atoms with Crippen LogP contribution in [0.4, 0.5) is 4.39 Å². The number of carbonyl (C=O) groups excluding carboxylic acids is 2. The summed E-state index contributed by atoms with van der Waals surface area (Å²) in [4.78, 5) is 26.9. The van der Waals surface area contributed by atoms with Gasteiger partial charge in [-0.15, -0.1) is 11.8 Å². The standard InChI is InChI=1S/C18H24FNO3S/c1-11(2)9-23-18(22)15-10-24-17(12(3)4)20(15)16(21)13-5-7-14(19)8-6-13/h5-8,11-12,15,17H,9-10H2,1-4H3. The Balaban J connectivity index is 2.23. The van der Waals surface area contributed by atoms with Crippen molar-refractivity contribution in [1.29, 1.82) is 0 Å². The average Bonchev–Trinajstić information content (AvgIpc) is 2.97. The van der Waals surface area contributed by atoms with E-state index >= 15 is 0 Å². The Morgan fingerprint density at radius 3 is 2.42 bits per heavy atom. The number of esters is 1. The lowest BCUT2D eigenvalue weighted by molar-refractivity contribution is -0.149. The first-order valence-electron chi connectivity index (χ1n) is 8.17. The fourth-order valence-electron chi connectivity index (χ4n) is 2.57. The number of halogens is 1. The monoisotopic (exact) mass is 353 g/mol. The fraction of sp³-hybridized carbons (Fsp3) is 0.556. The Labute approximate surface area is 146 Å². The van der Waals surface area contributed by atoms with Crippen molar-refractivity contribution in [2.45, 2.75) is 39.1 Å². The van der Waals surface area contributed by atoms with Gasteiger partial charge in [-0.2, -0.15) is 0 Å². The smallest absolute Gasteiger partial charge is 0.329 e. The highest BCUT2D eigenvalue weighted by atomic mass is 32.2. The van der Waals surface area contributed by atoms with Gasteiger partial charge in [-0.25, -0.2) is 9.18 Å². The topological polar surface area (TPSA) is 46.6 Å². The van der Waals surface area contributed by atoms with E-state index in [0.29, 0.717) is 17.9 Å². The number of ether oxygens (including phenoxy) is 1. The van der Waals surface area contributed by atoms with Crippen LogP contribution in [0.3, 0.4) is 0 Å². The lowest BCUT2D eigenvalue weighted by Gasteiger charge is -2.30. The number of hydrogen-bond acceptors (Lipinski definition) is 4. The van der Waals surface area contributed by atoms with Gasteiger partial charge in [0.2, 0.25) is 0 Å². The number of amides is 1. The molecule has 2 unspecified atom stereocenters. The molecule has 4 nitrogen and oxygen atoms in total. The van der Waals surface area contributed by atoms with Crippen molar-refractivity contribution in [3.63, 3.8) is 0 Å². The molecular weight excluding hydrogens is 329 g/mol. The molecule has 0 bridgehead atoms. The second-order valence-electron chi connectivity index (χ2n) is 6.73. The summed E-state index contributed by atoms with van der Waals surface area (Å²) in [7, 11) is 0. The predicted octanol–water partition coefficient (Wildman–Crippen LogP) is 3.56. The van der Waals surface area contributed by atoms with Crippen molar-refractivity contribution in [3.05, 3.63) is 35.6 Å². The molecule has 0 radical (unpaired) electrons. The van der Waals surface area contributed by atoms with Gasteiger partial charge in [0.05, 0.1) is 12.0 Å². The van der Waals surface area contributed by atoms with Crippen LogP contribution in [-0.2, 0) is 9.53 Å². The maximum absolute atomic E-state index is 13.1. The molecule has 0 N–H and O–H groups in total. The molecule has 1 fully saturated rings. The maximum Gasteiger partial charge on any atom is 0.329 e. The molecule has 1 aliphatic rings. The maximum atomic E-state index is 13.1. The number of benzene rings is 1. The van der Waals surface area contributed by atoms with Crippen molar-refractivity contribution < 1.29 is 18.7 Å². The summed E-state index contributed by atoms with van der Waals surface area (Å²) >= 11 is 1.59. The third-order valence-electron chi connectivity index (χ3n) is 3.76. The molecule has 24 heavy (non-hydrogen) atoms. The molecule has 0 spiro atoms. The number of nitrogens with zero attached hydrogens (tertiary/aromatic N) is 1. The molecule has 1 aromatic rings. The summed E-state index contributed by atoms with van der Waals surface area (Å²) in [5.74, 6) is -0.0599. The molecule has 0 saturated carbocycles. The zero-order valence-corrected chi connectivity index (χ0v) is 15.3. The third-order valence-corrected chi connectivity index (χ3v) is 5.38. The number of carbonyl (C=O) groups is 2. The number of hydrogen-bond donors (Lipinski definition) is 0. The molecule has 1 heterocycles. The SMILES string of the molecule is CC(C)COC(=O)C1CSC(C(C)C)N1C(=O)c1ccc(F)cc1. The van der Waals surface area contributed by atoms with E-state index in [4.69, 9.17) is 4.74 Å². The Kier molecular flexibility index (Phi) is 6.27. The molecule has 1 amide bonds. The molecule has 1 aliphatic heterocycles. The molecule has 6 heteroatoms. The van der Waals surface area contributed by atoms with E-state index in [2.05, 4.69) is 0 Å².